The molecule has 0 bridgehead atoms. The Hall–Kier alpha value is -2.90. The van der Waals surface area contributed by atoms with E-state index in [9.17, 15) is 14.4 Å². The first-order valence-electron chi connectivity index (χ1n) is 6.95. The number of carbonyl (C=O) groups is 3. The number of carbonyl (C=O) groups excluding carboxylic acids is 2. The van der Waals surface area contributed by atoms with E-state index in [4.69, 9.17) is 9.84 Å². The van der Waals surface area contributed by atoms with Crippen molar-refractivity contribution in [3.05, 3.63) is 29.8 Å². The molecular formula is C15H19N3O5. The van der Waals surface area contributed by atoms with Crippen LogP contribution in [0.2, 0.25) is 0 Å². The molecule has 0 saturated carbocycles. The lowest BCUT2D eigenvalue weighted by atomic mass is 10.2. The maximum atomic E-state index is 11.5. The summed E-state index contributed by atoms with van der Waals surface area (Å²) < 4.78 is 5.09. The molecule has 0 radical (unpaired) electrons. The van der Waals surface area contributed by atoms with Gasteiger partial charge in [-0.15, -0.1) is 0 Å². The minimum atomic E-state index is -1.10. The Balaban J connectivity index is 2.59. The van der Waals surface area contributed by atoms with E-state index in [-0.39, 0.29) is 5.92 Å². The summed E-state index contributed by atoms with van der Waals surface area (Å²) in [6.07, 6.45) is 1.27. The van der Waals surface area contributed by atoms with Gasteiger partial charge in [0.15, 0.2) is 6.61 Å². The zero-order valence-electron chi connectivity index (χ0n) is 12.9. The van der Waals surface area contributed by atoms with E-state index in [2.05, 4.69) is 15.8 Å². The van der Waals surface area contributed by atoms with E-state index in [1.807, 2.05) is 13.8 Å². The standard InChI is InChI=1S/C15H19N3O5/c1-10(2)7-16-14(21)15(22)18-17-8-11-5-3-4-6-12(11)23-9-13(19)20/h3-6,8,10H,7,9H2,1-2H3,(H,16,21)(H,18,22)(H,19,20)/b17-8-. The van der Waals surface area contributed by atoms with Gasteiger partial charge in [0.05, 0.1) is 6.21 Å². The van der Waals surface area contributed by atoms with Crippen LogP contribution < -0.4 is 15.5 Å². The van der Waals surface area contributed by atoms with Crippen molar-refractivity contribution < 1.29 is 24.2 Å². The molecule has 124 valence electrons. The van der Waals surface area contributed by atoms with E-state index in [0.717, 1.165) is 0 Å². The molecule has 1 aromatic rings. The fourth-order valence-electron chi connectivity index (χ4n) is 1.45. The van der Waals surface area contributed by atoms with Crippen LogP contribution in [0.1, 0.15) is 19.4 Å². The van der Waals surface area contributed by atoms with E-state index in [1.165, 1.54) is 6.21 Å². The lowest BCUT2D eigenvalue weighted by Crippen LogP contribution is -2.39. The number of nitrogens with one attached hydrogen (secondary N) is 2. The number of hydrogen-bond acceptors (Lipinski definition) is 5. The highest BCUT2D eigenvalue weighted by atomic mass is 16.5. The zero-order valence-corrected chi connectivity index (χ0v) is 12.9. The Labute approximate surface area is 133 Å². The van der Waals surface area contributed by atoms with Gasteiger partial charge < -0.3 is 15.2 Å². The topological polar surface area (TPSA) is 117 Å². The Morgan fingerprint density at radius 2 is 1.96 bits per heavy atom. The van der Waals surface area contributed by atoms with E-state index >= 15 is 0 Å². The molecule has 0 atom stereocenters. The smallest absolute Gasteiger partial charge is 0.341 e. The minimum absolute atomic E-state index is 0.230. The van der Waals surface area contributed by atoms with Crippen LogP contribution in [-0.2, 0) is 14.4 Å². The molecule has 1 rings (SSSR count). The molecule has 1 aromatic carbocycles. The normalized spacial score (nSPS) is 10.6. The molecule has 2 amide bonds. The predicted octanol–water partition coefficient (Wildman–Crippen LogP) is 0.372. The molecule has 0 saturated heterocycles. The van der Waals surface area contributed by atoms with Gasteiger partial charge in [-0.05, 0) is 18.1 Å². The molecular weight excluding hydrogens is 302 g/mol. The van der Waals surface area contributed by atoms with Crippen LogP contribution in [0.15, 0.2) is 29.4 Å². The molecule has 0 fully saturated rings. The molecule has 0 heterocycles. The third kappa shape index (κ3) is 7.07. The molecule has 8 heteroatoms. The van der Waals surface area contributed by atoms with E-state index < -0.39 is 24.4 Å². The fraction of sp³-hybridized carbons (Fsp3) is 0.333. The first-order valence-corrected chi connectivity index (χ1v) is 6.95. The SMILES string of the molecule is CC(C)CNC(=O)C(=O)N/N=C\c1ccccc1OCC(=O)O. The summed E-state index contributed by atoms with van der Waals surface area (Å²) in [7, 11) is 0. The Bertz CT molecular complexity index is 599. The number of hydrazone groups is 1. The molecule has 3 N–H and O–H groups in total. The molecule has 0 aliphatic heterocycles. The number of carboxylic acid groups (broad SMARTS) is 1. The highest BCUT2D eigenvalue weighted by Gasteiger charge is 2.12. The van der Waals surface area contributed by atoms with Crippen LogP contribution in [0.3, 0.4) is 0 Å². The molecule has 0 spiro atoms. The third-order valence-electron chi connectivity index (χ3n) is 2.52. The van der Waals surface area contributed by atoms with Crippen LogP contribution in [0.5, 0.6) is 5.75 Å². The van der Waals surface area contributed by atoms with Gasteiger partial charge >= 0.3 is 17.8 Å². The van der Waals surface area contributed by atoms with Crippen molar-refractivity contribution in [2.75, 3.05) is 13.2 Å². The molecule has 0 aromatic heterocycles. The van der Waals surface area contributed by atoms with Gasteiger partial charge in [-0.25, -0.2) is 10.2 Å². The first-order chi connectivity index (χ1) is 10.9. The summed E-state index contributed by atoms with van der Waals surface area (Å²) in [6, 6.07) is 6.58. The van der Waals surface area contributed by atoms with Gasteiger partial charge in [0, 0.05) is 12.1 Å². The van der Waals surface area contributed by atoms with Crippen molar-refractivity contribution in [1.29, 1.82) is 0 Å². The lowest BCUT2D eigenvalue weighted by molar-refractivity contribution is -0.139. The van der Waals surface area contributed by atoms with Crippen LogP contribution in [0, 0.1) is 5.92 Å². The third-order valence-corrected chi connectivity index (χ3v) is 2.52. The fourth-order valence-corrected chi connectivity index (χ4v) is 1.45. The highest BCUT2D eigenvalue weighted by Crippen LogP contribution is 2.15. The average molecular weight is 321 g/mol. The maximum absolute atomic E-state index is 11.5. The van der Waals surface area contributed by atoms with Crippen molar-refractivity contribution >= 4 is 24.0 Å². The summed E-state index contributed by atoms with van der Waals surface area (Å²) in [5, 5.41) is 14.7. The monoisotopic (exact) mass is 321 g/mol. The number of nitrogens with zero attached hydrogens (tertiary/aromatic N) is 1. The van der Waals surface area contributed by atoms with Gasteiger partial charge in [-0.1, -0.05) is 26.0 Å². The quantitative estimate of drug-likeness (QED) is 0.381. The summed E-state index contributed by atoms with van der Waals surface area (Å²) in [4.78, 5) is 33.5. The number of benzene rings is 1. The molecule has 0 aliphatic carbocycles. The number of hydrogen-bond donors (Lipinski definition) is 3. The lowest BCUT2D eigenvalue weighted by Gasteiger charge is -2.07. The van der Waals surface area contributed by atoms with Gasteiger partial charge in [0.2, 0.25) is 0 Å². The van der Waals surface area contributed by atoms with Crippen LogP contribution >= 0.6 is 0 Å². The first kappa shape index (κ1) is 18.1. The number of amides is 2. The average Bonchev–Trinajstić information content (AvgIpc) is 2.51. The zero-order chi connectivity index (χ0) is 17.2. The van der Waals surface area contributed by atoms with Gasteiger partial charge in [-0.3, -0.25) is 9.59 Å². The van der Waals surface area contributed by atoms with Crippen molar-refractivity contribution in [2.45, 2.75) is 13.8 Å². The number of rotatable bonds is 7. The van der Waals surface area contributed by atoms with Crippen LogP contribution in [0.25, 0.3) is 0 Å². The van der Waals surface area contributed by atoms with Crippen molar-refractivity contribution in [2.24, 2.45) is 11.0 Å². The van der Waals surface area contributed by atoms with Crippen molar-refractivity contribution in [3.63, 3.8) is 0 Å². The summed E-state index contributed by atoms with van der Waals surface area (Å²) in [6.45, 7) is 3.71. The second-order valence-electron chi connectivity index (χ2n) is 5.02. The number of ether oxygens (including phenoxy) is 1. The minimum Gasteiger partial charge on any atom is -0.481 e. The Kier molecular flexibility index (Phi) is 7.25. The Morgan fingerprint density at radius 3 is 2.61 bits per heavy atom. The van der Waals surface area contributed by atoms with Gasteiger partial charge in [0.1, 0.15) is 5.75 Å². The second-order valence-corrected chi connectivity index (χ2v) is 5.02. The van der Waals surface area contributed by atoms with Crippen molar-refractivity contribution in [1.82, 2.24) is 10.7 Å². The number of para-hydroxylation sites is 1. The van der Waals surface area contributed by atoms with Gasteiger partial charge in [-0.2, -0.15) is 5.10 Å². The predicted molar refractivity (Wildman–Crippen MR) is 83.2 cm³/mol. The summed E-state index contributed by atoms with van der Waals surface area (Å²) in [5.41, 5.74) is 2.56. The summed E-state index contributed by atoms with van der Waals surface area (Å²) in [5.74, 6) is -2.23. The summed E-state index contributed by atoms with van der Waals surface area (Å²) >= 11 is 0. The second kappa shape index (κ2) is 9.19. The highest BCUT2D eigenvalue weighted by molar-refractivity contribution is 6.35. The van der Waals surface area contributed by atoms with Crippen molar-refractivity contribution in [3.8, 4) is 5.75 Å². The largest absolute Gasteiger partial charge is 0.481 e. The molecule has 0 unspecified atom stereocenters. The van der Waals surface area contributed by atoms with Gasteiger partial charge in [0.25, 0.3) is 0 Å². The molecule has 0 aliphatic rings. The molecule has 8 nitrogen and oxygen atoms in total. The molecule has 23 heavy (non-hydrogen) atoms. The number of aliphatic carboxylic acids is 1. The Morgan fingerprint density at radius 1 is 1.26 bits per heavy atom. The van der Waals surface area contributed by atoms with Crippen LogP contribution in [-0.4, -0.2) is 42.3 Å². The van der Waals surface area contributed by atoms with E-state index in [1.54, 1.807) is 24.3 Å². The van der Waals surface area contributed by atoms with Crippen LogP contribution in [0.4, 0.5) is 0 Å². The van der Waals surface area contributed by atoms with E-state index in [0.29, 0.717) is 17.9 Å². The number of carboxylic acids is 1. The maximum Gasteiger partial charge on any atom is 0.341 e.